The number of H-pyrrole nitrogens is 1. The molecule has 0 saturated heterocycles. The molecule has 7 aromatic rings. The SMILES string of the molecule is Nc1c(N)c(N)c2c3nc4nc(nc5c6ccccc6c(nc6nc(nc([nH]3)c2c1N)-c1ccccc1-6)n5Cl)-c1ccccc1-4. The second-order valence-electron chi connectivity index (χ2n) is 10.8. The summed E-state index contributed by atoms with van der Waals surface area (Å²) in [6.45, 7) is 0. The van der Waals surface area contributed by atoms with Crippen LogP contribution in [0.4, 0.5) is 22.7 Å². The number of anilines is 4. The van der Waals surface area contributed by atoms with E-state index in [1.165, 1.54) is 4.09 Å². The molecule has 2 aliphatic heterocycles. The monoisotopic (exact) mass is 608 g/mol. The zero-order valence-corrected chi connectivity index (χ0v) is 24.0. The van der Waals surface area contributed by atoms with E-state index in [4.69, 9.17) is 64.6 Å². The van der Waals surface area contributed by atoms with Gasteiger partial charge in [0.15, 0.2) is 34.6 Å². The predicted octanol–water partition coefficient (Wildman–Crippen LogP) is 5.67. The standard InChI is InChI=1S/C32H21ClN12/c33-45-31-17-11-5-6-12-18(17)32(45)44-28-16-10-4-2-8-14(16)26(39-28)41-30-20-19(21(34)23(36)24(37)22(20)35)29(42-30)40-25-13-7-1-3-9-15(13)27(38-25)43-31/h1-12H,34-37H2,(H,38,39,40,41,42,43,44). The Labute approximate surface area is 258 Å². The molecule has 45 heavy (non-hydrogen) atoms. The van der Waals surface area contributed by atoms with Crippen molar-refractivity contribution in [2.75, 3.05) is 22.9 Å². The molecular weight excluding hydrogens is 588 g/mol. The van der Waals surface area contributed by atoms with Crippen molar-refractivity contribution in [3.05, 3.63) is 72.8 Å². The van der Waals surface area contributed by atoms with Crippen LogP contribution < -0.4 is 22.9 Å². The van der Waals surface area contributed by atoms with Crippen LogP contribution in [0.3, 0.4) is 0 Å². The van der Waals surface area contributed by atoms with Crippen molar-refractivity contribution in [3.63, 3.8) is 0 Å². The van der Waals surface area contributed by atoms with E-state index in [9.17, 15) is 0 Å². The van der Waals surface area contributed by atoms with Gasteiger partial charge in [-0.1, -0.05) is 72.8 Å². The molecule has 0 unspecified atom stereocenters. The van der Waals surface area contributed by atoms with Crippen molar-refractivity contribution in [1.29, 1.82) is 0 Å². The maximum absolute atomic E-state index is 7.01. The summed E-state index contributed by atoms with van der Waals surface area (Å²) in [6.07, 6.45) is 0. The first-order valence-electron chi connectivity index (χ1n) is 13.9. The second-order valence-corrected chi connectivity index (χ2v) is 11.1. The molecule has 3 aromatic heterocycles. The summed E-state index contributed by atoms with van der Waals surface area (Å²) < 4.78 is 1.44. The topological polar surface area (TPSA) is 202 Å². The predicted molar refractivity (Wildman–Crippen MR) is 179 cm³/mol. The Hall–Kier alpha value is -6.27. The van der Waals surface area contributed by atoms with Gasteiger partial charge in [0.2, 0.25) is 0 Å². The average Bonchev–Trinajstić information content (AvgIpc) is 3.77. The minimum Gasteiger partial charge on any atom is -0.396 e. The van der Waals surface area contributed by atoms with Crippen LogP contribution in [0.5, 0.6) is 0 Å². The molecule has 8 bridgehead atoms. The zero-order chi connectivity index (χ0) is 30.6. The fraction of sp³-hybridized carbons (Fsp3) is 0. The maximum Gasteiger partial charge on any atom is 0.164 e. The Morgan fingerprint density at radius 2 is 0.822 bits per heavy atom. The highest BCUT2D eigenvalue weighted by Crippen LogP contribution is 2.43. The first-order valence-corrected chi connectivity index (χ1v) is 14.3. The molecule has 2 aliphatic rings. The lowest BCUT2D eigenvalue weighted by Gasteiger charge is -2.09. The van der Waals surface area contributed by atoms with E-state index in [0.717, 1.165) is 33.0 Å². The number of nitrogens with one attached hydrogen (secondary N) is 1. The lowest BCUT2D eigenvalue weighted by Crippen LogP contribution is -2.04. The van der Waals surface area contributed by atoms with Crippen LogP contribution in [0.2, 0.25) is 0 Å². The van der Waals surface area contributed by atoms with Crippen molar-refractivity contribution in [3.8, 4) is 45.6 Å². The third-order valence-electron chi connectivity index (χ3n) is 8.25. The number of hydrogen-bond acceptors (Lipinski definition) is 10. The van der Waals surface area contributed by atoms with Crippen LogP contribution >= 0.6 is 11.8 Å². The Morgan fingerprint density at radius 3 is 1.22 bits per heavy atom. The number of nitrogens with zero attached hydrogens (tertiary/aromatic N) is 7. The minimum absolute atomic E-state index is 0.159. The van der Waals surface area contributed by atoms with Crippen molar-refractivity contribution >= 4 is 78.7 Å². The van der Waals surface area contributed by atoms with Crippen LogP contribution in [-0.2, 0) is 0 Å². The zero-order valence-electron chi connectivity index (χ0n) is 23.2. The van der Waals surface area contributed by atoms with E-state index in [2.05, 4.69) is 4.98 Å². The van der Waals surface area contributed by atoms with Crippen LogP contribution in [0.1, 0.15) is 0 Å². The summed E-state index contributed by atoms with van der Waals surface area (Å²) >= 11 is 7.01. The van der Waals surface area contributed by atoms with Gasteiger partial charge in [-0.2, -0.15) is 0 Å². The smallest absolute Gasteiger partial charge is 0.164 e. The van der Waals surface area contributed by atoms with E-state index >= 15 is 0 Å². The van der Waals surface area contributed by atoms with Crippen molar-refractivity contribution in [1.82, 2.24) is 39.0 Å². The van der Waals surface area contributed by atoms with Crippen molar-refractivity contribution < 1.29 is 0 Å². The number of nitrogens with two attached hydrogens (primary N) is 4. The number of nitrogen functional groups attached to an aromatic ring is 4. The van der Waals surface area contributed by atoms with E-state index in [1.54, 1.807) is 0 Å². The quantitative estimate of drug-likeness (QED) is 0.133. The summed E-state index contributed by atoms with van der Waals surface area (Å²) in [5.74, 6) is 1.68. The molecule has 0 atom stereocenters. The second kappa shape index (κ2) is 8.88. The molecule has 0 aliphatic carbocycles. The van der Waals surface area contributed by atoms with Gasteiger partial charge in [-0.25, -0.2) is 34.0 Å². The first-order chi connectivity index (χ1) is 21.9. The van der Waals surface area contributed by atoms with E-state index < -0.39 is 0 Å². The molecule has 216 valence electrons. The molecule has 0 spiro atoms. The Bertz CT molecular complexity index is 2450. The summed E-state index contributed by atoms with van der Waals surface area (Å²) in [5.41, 5.74) is 31.3. The number of halogens is 1. The molecule has 0 amide bonds. The molecule has 9 N–H and O–H groups in total. The Morgan fingerprint density at radius 1 is 0.467 bits per heavy atom. The molecule has 12 nitrogen and oxygen atoms in total. The van der Waals surface area contributed by atoms with Crippen LogP contribution in [0, 0.1) is 0 Å². The highest BCUT2D eigenvalue weighted by atomic mass is 35.5. The van der Waals surface area contributed by atoms with Gasteiger partial charge in [0.05, 0.1) is 33.5 Å². The number of rotatable bonds is 0. The van der Waals surface area contributed by atoms with Crippen molar-refractivity contribution in [2.45, 2.75) is 0 Å². The summed E-state index contributed by atoms with van der Waals surface area (Å²) in [7, 11) is 0. The van der Waals surface area contributed by atoms with E-state index in [-0.39, 0.29) is 22.7 Å². The first kappa shape index (κ1) is 25.2. The Balaban J connectivity index is 1.56. The normalized spacial score (nSPS) is 12.0. The van der Waals surface area contributed by atoms with Crippen LogP contribution in [-0.4, -0.2) is 39.0 Å². The van der Waals surface area contributed by atoms with Gasteiger partial charge in [0.1, 0.15) is 11.3 Å². The molecule has 4 aromatic carbocycles. The lowest BCUT2D eigenvalue weighted by molar-refractivity contribution is 1.17. The van der Waals surface area contributed by atoms with E-state index in [1.807, 2.05) is 72.8 Å². The third kappa shape index (κ3) is 3.42. The molecule has 0 fully saturated rings. The summed E-state index contributed by atoms with van der Waals surface area (Å²) in [4.78, 5) is 32.9. The van der Waals surface area contributed by atoms with Crippen molar-refractivity contribution in [2.24, 2.45) is 0 Å². The number of hydrogen-bond donors (Lipinski definition) is 5. The van der Waals surface area contributed by atoms with Crippen LogP contribution in [0.15, 0.2) is 72.8 Å². The molecule has 13 heteroatoms. The van der Waals surface area contributed by atoms with Gasteiger partial charge in [0, 0.05) is 44.8 Å². The number of fused-ring (bicyclic) bond motifs is 20. The molecular formula is C32H21ClN12. The number of aromatic amines is 1. The van der Waals surface area contributed by atoms with Gasteiger partial charge in [-0.15, -0.1) is 0 Å². The fourth-order valence-electron chi connectivity index (χ4n) is 6.06. The minimum atomic E-state index is 0.159. The molecule has 9 rings (SSSR count). The van der Waals surface area contributed by atoms with Gasteiger partial charge in [0.25, 0.3) is 0 Å². The fourth-order valence-corrected chi connectivity index (χ4v) is 6.32. The summed E-state index contributed by atoms with van der Waals surface area (Å²) in [5, 5.41) is 2.55. The molecule has 0 radical (unpaired) electrons. The molecule has 0 saturated carbocycles. The third-order valence-corrected chi connectivity index (χ3v) is 8.57. The number of aromatic nitrogens is 8. The maximum atomic E-state index is 7.01. The van der Waals surface area contributed by atoms with Gasteiger partial charge < -0.3 is 27.9 Å². The van der Waals surface area contributed by atoms with Gasteiger partial charge in [-0.3, -0.25) is 0 Å². The number of benzene rings is 4. The largest absolute Gasteiger partial charge is 0.396 e. The average molecular weight is 609 g/mol. The Kier molecular flexibility index (Phi) is 4.98. The van der Waals surface area contributed by atoms with E-state index in [0.29, 0.717) is 56.7 Å². The van der Waals surface area contributed by atoms with Gasteiger partial charge >= 0.3 is 0 Å². The highest BCUT2D eigenvalue weighted by molar-refractivity contribution is 6.25. The summed E-state index contributed by atoms with van der Waals surface area (Å²) in [6, 6.07) is 23.1. The highest BCUT2D eigenvalue weighted by Gasteiger charge is 2.24. The molecule has 5 heterocycles. The van der Waals surface area contributed by atoms with Gasteiger partial charge in [-0.05, 0) is 0 Å². The van der Waals surface area contributed by atoms with Crippen LogP contribution in [0.25, 0.3) is 89.7 Å². The lowest BCUT2D eigenvalue weighted by atomic mass is 10.1.